The second-order valence-electron chi connectivity index (χ2n) is 3.29. The van der Waals surface area contributed by atoms with Gasteiger partial charge in [-0.3, -0.25) is 0 Å². The summed E-state index contributed by atoms with van der Waals surface area (Å²) >= 11 is 0. The molecule has 0 heterocycles. The van der Waals surface area contributed by atoms with Crippen molar-refractivity contribution in [2.45, 2.75) is 32.8 Å². The molecule has 0 aromatic rings. The average Bonchev–Trinajstić information content (AvgIpc) is 2.13. The molecule has 0 amide bonds. The van der Waals surface area contributed by atoms with E-state index in [4.69, 9.17) is 4.74 Å². The van der Waals surface area contributed by atoms with Gasteiger partial charge >= 0.3 is 6.47 Å². The lowest BCUT2D eigenvalue weighted by Gasteiger charge is -2.10. The Labute approximate surface area is 61.6 Å². The molecule has 0 N–H and O–H groups in total. The van der Waals surface area contributed by atoms with Crippen LogP contribution in [0.1, 0.15) is 26.7 Å². The molecule has 57 valence electrons. The van der Waals surface area contributed by atoms with E-state index in [0.29, 0.717) is 11.8 Å². The van der Waals surface area contributed by atoms with E-state index in [0.717, 1.165) is 6.42 Å². The SMILES string of the molecule is CC1CC(C)C(O[C]=O)C1. The van der Waals surface area contributed by atoms with Gasteiger partial charge in [-0.25, -0.2) is 4.79 Å². The van der Waals surface area contributed by atoms with Crippen molar-refractivity contribution in [3.63, 3.8) is 0 Å². The minimum atomic E-state index is 0.132. The Bertz CT molecular complexity index is 122. The Hall–Kier alpha value is -0.530. The van der Waals surface area contributed by atoms with Gasteiger partial charge in [0.2, 0.25) is 0 Å². The molecule has 0 bridgehead atoms. The third-order valence-electron chi connectivity index (χ3n) is 2.24. The molecule has 1 aliphatic carbocycles. The highest BCUT2D eigenvalue weighted by molar-refractivity contribution is 5.38. The first-order valence-corrected chi connectivity index (χ1v) is 3.76. The van der Waals surface area contributed by atoms with Crippen molar-refractivity contribution in [1.82, 2.24) is 0 Å². The zero-order valence-corrected chi connectivity index (χ0v) is 6.46. The second-order valence-corrected chi connectivity index (χ2v) is 3.29. The topological polar surface area (TPSA) is 26.3 Å². The van der Waals surface area contributed by atoms with Crippen LogP contribution in [0.15, 0.2) is 0 Å². The lowest BCUT2D eigenvalue weighted by atomic mass is 10.1. The number of hydrogen-bond donors (Lipinski definition) is 0. The highest BCUT2D eigenvalue weighted by Crippen LogP contribution is 2.31. The number of hydrogen-bond acceptors (Lipinski definition) is 2. The monoisotopic (exact) mass is 141 g/mol. The van der Waals surface area contributed by atoms with Gasteiger partial charge in [-0.05, 0) is 24.7 Å². The molecule has 1 rings (SSSR count). The number of ether oxygens (including phenoxy) is 1. The summed E-state index contributed by atoms with van der Waals surface area (Å²) in [6.07, 6.45) is 2.32. The zero-order valence-electron chi connectivity index (χ0n) is 6.46. The molecule has 0 aromatic carbocycles. The Morgan fingerprint density at radius 1 is 1.40 bits per heavy atom. The molecule has 1 fully saturated rings. The van der Waals surface area contributed by atoms with Crippen molar-refractivity contribution in [3.05, 3.63) is 0 Å². The summed E-state index contributed by atoms with van der Waals surface area (Å²) in [5.41, 5.74) is 0. The van der Waals surface area contributed by atoms with Crippen molar-refractivity contribution in [2.24, 2.45) is 11.8 Å². The van der Waals surface area contributed by atoms with Crippen LogP contribution in [0.4, 0.5) is 0 Å². The van der Waals surface area contributed by atoms with Crippen molar-refractivity contribution in [2.75, 3.05) is 0 Å². The van der Waals surface area contributed by atoms with Crippen molar-refractivity contribution < 1.29 is 9.53 Å². The van der Waals surface area contributed by atoms with Gasteiger partial charge in [0.05, 0.1) is 0 Å². The van der Waals surface area contributed by atoms with E-state index in [-0.39, 0.29) is 6.10 Å². The van der Waals surface area contributed by atoms with Crippen LogP contribution < -0.4 is 0 Å². The first-order valence-electron chi connectivity index (χ1n) is 3.76. The standard InChI is InChI=1S/C8H13O2/c1-6-3-7(2)8(4-6)10-5-9/h6-8H,3-4H2,1-2H3. The summed E-state index contributed by atoms with van der Waals surface area (Å²) in [7, 11) is 0. The molecule has 10 heavy (non-hydrogen) atoms. The predicted octanol–water partition coefficient (Wildman–Crippen LogP) is 1.50. The van der Waals surface area contributed by atoms with E-state index >= 15 is 0 Å². The first kappa shape index (κ1) is 7.58. The third kappa shape index (κ3) is 1.49. The summed E-state index contributed by atoms with van der Waals surface area (Å²) in [5, 5.41) is 0. The predicted molar refractivity (Wildman–Crippen MR) is 38.1 cm³/mol. The molecule has 2 heteroatoms. The first-order chi connectivity index (χ1) is 4.74. The lowest BCUT2D eigenvalue weighted by molar-refractivity contribution is 0.144. The van der Waals surface area contributed by atoms with Gasteiger partial charge in [0.15, 0.2) is 0 Å². The average molecular weight is 141 g/mol. The molecular weight excluding hydrogens is 128 g/mol. The largest absolute Gasteiger partial charge is 0.454 e. The molecule has 0 aliphatic heterocycles. The molecule has 0 saturated heterocycles. The van der Waals surface area contributed by atoms with Gasteiger partial charge < -0.3 is 4.74 Å². The fourth-order valence-corrected chi connectivity index (χ4v) is 1.74. The molecule has 1 saturated carbocycles. The van der Waals surface area contributed by atoms with E-state index in [1.165, 1.54) is 12.9 Å². The Morgan fingerprint density at radius 2 is 2.10 bits per heavy atom. The van der Waals surface area contributed by atoms with Crippen LogP contribution in [-0.2, 0) is 9.53 Å². The Kier molecular flexibility index (Phi) is 2.30. The highest BCUT2D eigenvalue weighted by atomic mass is 16.5. The van der Waals surface area contributed by atoms with Crippen molar-refractivity contribution in [3.8, 4) is 0 Å². The van der Waals surface area contributed by atoms with Gasteiger partial charge in [-0.1, -0.05) is 13.8 Å². The normalized spacial score (nSPS) is 39.6. The maximum Gasteiger partial charge on any atom is 0.417 e. The van der Waals surface area contributed by atoms with Gasteiger partial charge in [0, 0.05) is 0 Å². The summed E-state index contributed by atoms with van der Waals surface area (Å²) in [4.78, 5) is 9.87. The fourth-order valence-electron chi connectivity index (χ4n) is 1.74. The van der Waals surface area contributed by atoms with Crippen LogP contribution in [0.5, 0.6) is 0 Å². The molecule has 2 nitrogen and oxygen atoms in total. The minimum Gasteiger partial charge on any atom is -0.454 e. The fraction of sp³-hybridized carbons (Fsp3) is 0.875. The molecule has 3 unspecified atom stereocenters. The molecular formula is C8H13O2. The minimum absolute atomic E-state index is 0.132. The van der Waals surface area contributed by atoms with Crippen LogP contribution in [0.2, 0.25) is 0 Å². The summed E-state index contributed by atoms with van der Waals surface area (Å²) in [5.74, 6) is 1.23. The molecule has 0 aromatic heterocycles. The number of rotatable bonds is 2. The van der Waals surface area contributed by atoms with Crippen LogP contribution in [0.25, 0.3) is 0 Å². The second kappa shape index (κ2) is 3.04. The van der Waals surface area contributed by atoms with Crippen LogP contribution >= 0.6 is 0 Å². The molecule has 1 radical (unpaired) electrons. The third-order valence-corrected chi connectivity index (χ3v) is 2.24. The van der Waals surface area contributed by atoms with E-state index in [9.17, 15) is 4.79 Å². The summed E-state index contributed by atoms with van der Waals surface area (Å²) < 4.78 is 4.78. The molecule has 3 atom stereocenters. The number of carbonyl (C=O) groups excluding carboxylic acids is 1. The van der Waals surface area contributed by atoms with Gasteiger partial charge in [-0.2, -0.15) is 0 Å². The summed E-state index contributed by atoms with van der Waals surface area (Å²) in [6, 6.07) is 0. The van der Waals surface area contributed by atoms with Gasteiger partial charge in [0.1, 0.15) is 6.10 Å². The van der Waals surface area contributed by atoms with E-state index in [1.54, 1.807) is 0 Å². The lowest BCUT2D eigenvalue weighted by Crippen LogP contribution is -2.14. The Morgan fingerprint density at radius 3 is 2.50 bits per heavy atom. The molecule has 0 spiro atoms. The maximum atomic E-state index is 9.87. The quantitative estimate of drug-likeness (QED) is 0.582. The smallest absolute Gasteiger partial charge is 0.417 e. The van der Waals surface area contributed by atoms with E-state index in [1.807, 2.05) is 0 Å². The van der Waals surface area contributed by atoms with Crippen molar-refractivity contribution in [1.29, 1.82) is 0 Å². The maximum absolute atomic E-state index is 9.87. The Balaban J connectivity index is 2.38. The van der Waals surface area contributed by atoms with Crippen LogP contribution in [0.3, 0.4) is 0 Å². The highest BCUT2D eigenvalue weighted by Gasteiger charge is 2.29. The summed E-state index contributed by atoms with van der Waals surface area (Å²) in [6.45, 7) is 5.81. The van der Waals surface area contributed by atoms with Crippen LogP contribution in [0, 0.1) is 11.8 Å². The van der Waals surface area contributed by atoms with E-state index < -0.39 is 0 Å². The van der Waals surface area contributed by atoms with E-state index in [2.05, 4.69) is 13.8 Å². The van der Waals surface area contributed by atoms with Crippen molar-refractivity contribution >= 4 is 6.47 Å². The van der Waals surface area contributed by atoms with Gasteiger partial charge in [-0.15, -0.1) is 0 Å². The zero-order chi connectivity index (χ0) is 7.56. The van der Waals surface area contributed by atoms with Crippen LogP contribution in [-0.4, -0.2) is 12.6 Å². The van der Waals surface area contributed by atoms with Gasteiger partial charge in [0.25, 0.3) is 0 Å². The molecule has 1 aliphatic rings.